The summed E-state index contributed by atoms with van der Waals surface area (Å²) in [5.41, 5.74) is 8.03. The molecule has 2 aromatic carbocycles. The van der Waals surface area contributed by atoms with Gasteiger partial charge in [-0.25, -0.2) is 0 Å². The summed E-state index contributed by atoms with van der Waals surface area (Å²) in [5.74, 6) is 0. The van der Waals surface area contributed by atoms with Crippen molar-refractivity contribution in [2.24, 2.45) is 4.99 Å². The monoisotopic (exact) mass is 568 g/mol. The average molecular weight is 569 g/mol. The van der Waals surface area contributed by atoms with Crippen molar-refractivity contribution in [1.82, 2.24) is 15.0 Å². The molecule has 8 rings (SSSR count). The van der Waals surface area contributed by atoms with E-state index in [4.69, 9.17) is 0 Å². The summed E-state index contributed by atoms with van der Waals surface area (Å²) in [6.07, 6.45) is 17.5. The van der Waals surface area contributed by atoms with Gasteiger partial charge in [-0.05, 0) is 66.6 Å². The molecule has 2 atom stereocenters. The molecule has 3 aliphatic heterocycles. The standard InChI is InChI=1S/C33H24N6S2/c1-33-21-37-17-13-32(33)39(28-12-16-36-20-31(28)41-33)25-8-4-23(5-9-25)22-2-6-24(7-3-22)38-26-10-14-34-18-29(26)40-30-19-35-15-11-27(30)38/h2-21,32H,1H3. The Labute approximate surface area is 246 Å². The number of aromatic nitrogens is 3. The molecule has 8 heteroatoms. The van der Waals surface area contributed by atoms with Crippen LogP contribution >= 0.6 is 23.5 Å². The van der Waals surface area contributed by atoms with Gasteiger partial charge in [0.2, 0.25) is 0 Å². The number of hydrogen-bond donors (Lipinski definition) is 0. The maximum absolute atomic E-state index is 4.47. The van der Waals surface area contributed by atoms with Crippen LogP contribution in [0.15, 0.2) is 136 Å². The van der Waals surface area contributed by atoms with E-state index in [0.29, 0.717) is 0 Å². The van der Waals surface area contributed by atoms with Gasteiger partial charge < -0.3 is 9.80 Å². The summed E-state index contributed by atoms with van der Waals surface area (Å²) < 4.78 is -0.171. The third-order valence-corrected chi connectivity index (χ3v) is 10.1. The number of pyridine rings is 3. The van der Waals surface area contributed by atoms with Gasteiger partial charge in [0, 0.05) is 61.0 Å². The zero-order valence-corrected chi connectivity index (χ0v) is 23.8. The Bertz CT molecular complexity index is 1790. The molecule has 0 spiro atoms. The zero-order valence-electron chi connectivity index (χ0n) is 22.1. The molecule has 0 radical (unpaired) electrons. The quantitative estimate of drug-likeness (QED) is 0.212. The van der Waals surface area contributed by atoms with Crippen molar-refractivity contribution in [3.8, 4) is 11.1 Å². The topological polar surface area (TPSA) is 57.5 Å². The first kappa shape index (κ1) is 24.4. The molecule has 0 aliphatic carbocycles. The van der Waals surface area contributed by atoms with E-state index < -0.39 is 0 Å². The Kier molecular flexibility index (Phi) is 5.72. The van der Waals surface area contributed by atoms with Gasteiger partial charge in [0.25, 0.3) is 0 Å². The number of nitrogens with zero attached hydrogens (tertiary/aromatic N) is 6. The SMILES string of the molecule is CC12C=NC=CC1N(c1ccc(-c3ccc(N4c5ccncc5Sc5cnccc54)cc3)cc1)c1ccncc1S2. The molecule has 41 heavy (non-hydrogen) atoms. The predicted molar refractivity (Wildman–Crippen MR) is 168 cm³/mol. The Balaban J connectivity index is 1.13. The molecule has 3 aliphatic rings. The van der Waals surface area contributed by atoms with Gasteiger partial charge in [-0.15, -0.1) is 11.8 Å². The second-order valence-electron chi connectivity index (χ2n) is 10.3. The molecule has 0 saturated heterocycles. The zero-order chi connectivity index (χ0) is 27.4. The van der Waals surface area contributed by atoms with Gasteiger partial charge >= 0.3 is 0 Å². The van der Waals surface area contributed by atoms with Gasteiger partial charge in [-0.3, -0.25) is 19.9 Å². The highest BCUT2D eigenvalue weighted by atomic mass is 32.2. The minimum absolute atomic E-state index is 0.156. The number of thioether (sulfide) groups is 1. The lowest BCUT2D eigenvalue weighted by molar-refractivity contribution is 0.674. The fraction of sp³-hybridized carbons (Fsp3) is 0.0909. The number of rotatable bonds is 3. The van der Waals surface area contributed by atoms with E-state index in [2.05, 4.69) is 116 Å². The van der Waals surface area contributed by atoms with Gasteiger partial charge in [0.15, 0.2) is 0 Å². The van der Waals surface area contributed by atoms with E-state index in [9.17, 15) is 0 Å². The fourth-order valence-corrected chi connectivity index (χ4v) is 8.04. The Morgan fingerprint density at radius 2 is 1.22 bits per heavy atom. The molecule has 0 saturated carbocycles. The molecule has 0 N–H and O–H groups in total. The largest absolute Gasteiger partial charge is 0.332 e. The average Bonchev–Trinajstić information content (AvgIpc) is 3.02. The van der Waals surface area contributed by atoms with Crippen molar-refractivity contribution < 1.29 is 0 Å². The molecule has 5 aromatic rings. The highest BCUT2D eigenvalue weighted by Crippen LogP contribution is 2.52. The van der Waals surface area contributed by atoms with Crippen LogP contribution in [0.4, 0.5) is 28.4 Å². The summed E-state index contributed by atoms with van der Waals surface area (Å²) in [6, 6.07) is 24.1. The number of benzene rings is 2. The first-order chi connectivity index (χ1) is 20.2. The van der Waals surface area contributed by atoms with Crippen molar-refractivity contribution >= 4 is 58.2 Å². The van der Waals surface area contributed by atoms with E-state index in [-0.39, 0.29) is 10.8 Å². The smallest absolute Gasteiger partial charge is 0.0774 e. The summed E-state index contributed by atoms with van der Waals surface area (Å²) in [4.78, 5) is 25.7. The van der Waals surface area contributed by atoms with E-state index in [1.165, 1.54) is 21.7 Å². The summed E-state index contributed by atoms with van der Waals surface area (Å²) in [6.45, 7) is 2.25. The number of fused-ring (bicyclic) bond motifs is 4. The van der Waals surface area contributed by atoms with Crippen LogP contribution in [-0.4, -0.2) is 32.0 Å². The number of hydrogen-bond acceptors (Lipinski definition) is 8. The van der Waals surface area contributed by atoms with Gasteiger partial charge in [0.05, 0.1) is 42.5 Å². The van der Waals surface area contributed by atoms with Crippen molar-refractivity contribution in [3.63, 3.8) is 0 Å². The van der Waals surface area contributed by atoms with Gasteiger partial charge in [-0.2, -0.15) is 0 Å². The Morgan fingerprint density at radius 1 is 0.659 bits per heavy atom. The second kappa shape index (κ2) is 9.61. The molecule has 0 fully saturated rings. The lowest BCUT2D eigenvalue weighted by Crippen LogP contribution is -2.50. The highest BCUT2D eigenvalue weighted by molar-refractivity contribution is 8.01. The van der Waals surface area contributed by atoms with E-state index in [1.807, 2.05) is 55.1 Å². The molecule has 6 heterocycles. The first-order valence-corrected chi connectivity index (χ1v) is 15.0. The van der Waals surface area contributed by atoms with E-state index in [1.54, 1.807) is 11.8 Å². The minimum atomic E-state index is -0.171. The molecule has 2 unspecified atom stereocenters. The highest BCUT2D eigenvalue weighted by Gasteiger charge is 2.43. The van der Waals surface area contributed by atoms with Crippen molar-refractivity contribution in [2.75, 3.05) is 9.80 Å². The van der Waals surface area contributed by atoms with Crippen LogP contribution in [0.25, 0.3) is 11.1 Å². The van der Waals surface area contributed by atoms with Crippen LogP contribution in [0.3, 0.4) is 0 Å². The number of anilines is 5. The molecular formula is C33H24N6S2. The Hall–Kier alpha value is -4.40. The minimum Gasteiger partial charge on any atom is -0.332 e. The maximum Gasteiger partial charge on any atom is 0.0774 e. The summed E-state index contributed by atoms with van der Waals surface area (Å²) >= 11 is 3.54. The maximum atomic E-state index is 4.47. The van der Waals surface area contributed by atoms with Crippen LogP contribution in [-0.2, 0) is 0 Å². The normalized spacial score (nSPS) is 20.2. The summed E-state index contributed by atoms with van der Waals surface area (Å²) in [5, 5.41) is 0. The van der Waals surface area contributed by atoms with E-state index in [0.717, 1.165) is 32.5 Å². The van der Waals surface area contributed by atoms with Crippen LogP contribution < -0.4 is 9.80 Å². The van der Waals surface area contributed by atoms with E-state index >= 15 is 0 Å². The van der Waals surface area contributed by atoms with Crippen LogP contribution in [0, 0.1) is 0 Å². The Morgan fingerprint density at radius 3 is 1.85 bits per heavy atom. The van der Waals surface area contributed by atoms with Crippen LogP contribution in [0.5, 0.6) is 0 Å². The molecule has 3 aromatic heterocycles. The molecule has 0 bridgehead atoms. The lowest BCUT2D eigenvalue weighted by Gasteiger charge is -2.47. The number of aliphatic imine (C=N–C) groups is 1. The molecule has 6 nitrogen and oxygen atoms in total. The second-order valence-corrected chi connectivity index (χ2v) is 12.9. The first-order valence-electron chi connectivity index (χ1n) is 13.4. The van der Waals surface area contributed by atoms with Gasteiger partial charge in [-0.1, -0.05) is 36.0 Å². The van der Waals surface area contributed by atoms with Crippen molar-refractivity contribution in [2.45, 2.75) is 32.4 Å². The molecule has 198 valence electrons. The van der Waals surface area contributed by atoms with Crippen LogP contribution in [0.1, 0.15) is 6.92 Å². The third kappa shape index (κ3) is 4.05. The molecule has 0 amide bonds. The van der Waals surface area contributed by atoms with Gasteiger partial charge in [0.1, 0.15) is 0 Å². The summed E-state index contributed by atoms with van der Waals surface area (Å²) in [7, 11) is 0. The lowest BCUT2D eigenvalue weighted by atomic mass is 9.96. The van der Waals surface area contributed by atoms with Crippen molar-refractivity contribution in [1.29, 1.82) is 0 Å². The molecular weight excluding hydrogens is 545 g/mol. The third-order valence-electron chi connectivity index (χ3n) is 7.73. The van der Waals surface area contributed by atoms with Crippen molar-refractivity contribution in [3.05, 3.63) is 116 Å². The fourth-order valence-electron chi connectivity index (χ4n) is 5.77. The van der Waals surface area contributed by atoms with Crippen LogP contribution in [0.2, 0.25) is 0 Å². The predicted octanol–water partition coefficient (Wildman–Crippen LogP) is 8.44.